The van der Waals surface area contributed by atoms with Crippen molar-refractivity contribution < 1.29 is 9.53 Å². The molecule has 2 aromatic heterocycles. The molecule has 1 fully saturated rings. The zero-order valence-corrected chi connectivity index (χ0v) is 14.7. The first-order chi connectivity index (χ1) is 12.1. The molecule has 1 aliphatic heterocycles. The lowest BCUT2D eigenvalue weighted by molar-refractivity contribution is 0.0746. The first-order valence-electron chi connectivity index (χ1n) is 8.13. The average molecular weight is 342 g/mol. The number of carbonyl (C=O) groups is 1. The predicted molar refractivity (Wildman–Crippen MR) is 95.3 cm³/mol. The molecule has 0 unspecified atom stereocenters. The molecule has 8 nitrogen and oxygen atoms in total. The maximum Gasteiger partial charge on any atom is 0.255 e. The molecule has 0 aliphatic carbocycles. The molecule has 0 atom stereocenters. The minimum atomic E-state index is -0.0112. The van der Waals surface area contributed by atoms with E-state index >= 15 is 0 Å². The van der Waals surface area contributed by atoms with Crippen molar-refractivity contribution in [2.24, 2.45) is 0 Å². The molecule has 25 heavy (non-hydrogen) atoms. The molecule has 3 heterocycles. The minimum Gasteiger partial charge on any atom is -0.481 e. The number of aromatic nitrogens is 3. The zero-order chi connectivity index (χ0) is 17.8. The molecule has 3 rings (SSSR count). The molecule has 132 valence electrons. The van der Waals surface area contributed by atoms with E-state index in [9.17, 15) is 4.79 Å². The third-order valence-electron chi connectivity index (χ3n) is 4.23. The van der Waals surface area contributed by atoms with Gasteiger partial charge in [-0.25, -0.2) is 4.98 Å². The van der Waals surface area contributed by atoms with Gasteiger partial charge in [-0.2, -0.15) is 5.10 Å². The van der Waals surface area contributed by atoms with Gasteiger partial charge >= 0.3 is 0 Å². The van der Waals surface area contributed by atoms with Crippen molar-refractivity contribution in [3.05, 3.63) is 36.2 Å². The van der Waals surface area contributed by atoms with Crippen LogP contribution < -0.4 is 14.5 Å². The fourth-order valence-corrected chi connectivity index (χ4v) is 2.69. The predicted octanol–water partition coefficient (Wildman–Crippen LogP) is 0.909. The Hall–Kier alpha value is -2.90. The van der Waals surface area contributed by atoms with Crippen molar-refractivity contribution in [3.63, 3.8) is 0 Å². The Morgan fingerprint density at radius 3 is 2.52 bits per heavy atom. The summed E-state index contributed by atoms with van der Waals surface area (Å²) < 4.78 is 5.02. The molecule has 0 spiro atoms. The maximum atomic E-state index is 12.6. The van der Waals surface area contributed by atoms with E-state index in [2.05, 4.69) is 20.1 Å². The number of pyridine rings is 1. The van der Waals surface area contributed by atoms with Crippen LogP contribution in [0, 0.1) is 0 Å². The molecule has 0 saturated carbocycles. The molecule has 1 saturated heterocycles. The summed E-state index contributed by atoms with van der Waals surface area (Å²) in [6, 6.07) is 5.45. The van der Waals surface area contributed by atoms with Crippen LogP contribution in [0.25, 0.3) is 0 Å². The van der Waals surface area contributed by atoms with Gasteiger partial charge in [0.25, 0.3) is 5.91 Å². The van der Waals surface area contributed by atoms with Crippen LogP contribution in [0.1, 0.15) is 10.4 Å². The van der Waals surface area contributed by atoms with E-state index in [0.717, 1.165) is 24.6 Å². The van der Waals surface area contributed by atoms with Crippen molar-refractivity contribution in [1.82, 2.24) is 20.1 Å². The van der Waals surface area contributed by atoms with Crippen molar-refractivity contribution in [3.8, 4) is 5.88 Å². The fraction of sp³-hybridized carbons (Fsp3) is 0.412. The summed E-state index contributed by atoms with van der Waals surface area (Å²) in [5.74, 6) is 1.33. The van der Waals surface area contributed by atoms with Gasteiger partial charge in [-0.05, 0) is 6.07 Å². The van der Waals surface area contributed by atoms with Crippen molar-refractivity contribution in [2.75, 3.05) is 57.2 Å². The highest BCUT2D eigenvalue weighted by Gasteiger charge is 2.23. The van der Waals surface area contributed by atoms with E-state index in [4.69, 9.17) is 4.74 Å². The van der Waals surface area contributed by atoms with Gasteiger partial charge in [0.15, 0.2) is 5.82 Å². The van der Waals surface area contributed by atoms with Crippen molar-refractivity contribution >= 4 is 17.4 Å². The minimum absolute atomic E-state index is 0.0112. The second-order valence-electron chi connectivity index (χ2n) is 6.03. The highest BCUT2D eigenvalue weighted by atomic mass is 16.5. The smallest absolute Gasteiger partial charge is 0.255 e. The van der Waals surface area contributed by atoms with Crippen molar-refractivity contribution in [2.45, 2.75) is 0 Å². The zero-order valence-electron chi connectivity index (χ0n) is 14.7. The normalized spacial score (nSPS) is 14.4. The van der Waals surface area contributed by atoms with E-state index in [-0.39, 0.29) is 5.91 Å². The average Bonchev–Trinajstić information content (AvgIpc) is 2.67. The third-order valence-corrected chi connectivity index (χ3v) is 4.23. The Morgan fingerprint density at radius 1 is 1.16 bits per heavy atom. The fourth-order valence-electron chi connectivity index (χ4n) is 2.69. The Morgan fingerprint density at radius 2 is 1.92 bits per heavy atom. The molecule has 0 radical (unpaired) electrons. The van der Waals surface area contributed by atoms with Crippen LogP contribution in [0.4, 0.5) is 11.5 Å². The van der Waals surface area contributed by atoms with Gasteiger partial charge in [0.1, 0.15) is 0 Å². The number of hydrogen-bond donors (Lipinski definition) is 0. The quantitative estimate of drug-likeness (QED) is 0.817. The third kappa shape index (κ3) is 3.78. The van der Waals surface area contributed by atoms with Gasteiger partial charge in [-0.1, -0.05) is 0 Å². The number of hydrogen-bond acceptors (Lipinski definition) is 7. The van der Waals surface area contributed by atoms with Gasteiger partial charge in [0.05, 0.1) is 24.6 Å². The molecule has 0 N–H and O–H groups in total. The molecular formula is C17H22N6O2. The number of carbonyl (C=O) groups excluding carboxylic acids is 1. The van der Waals surface area contributed by atoms with Crippen LogP contribution >= 0.6 is 0 Å². The Kier molecular flexibility index (Phi) is 4.97. The molecule has 2 aromatic rings. The number of amides is 1. The Bertz CT molecular complexity index is 726. The first kappa shape index (κ1) is 16.9. The summed E-state index contributed by atoms with van der Waals surface area (Å²) in [4.78, 5) is 22.7. The van der Waals surface area contributed by atoms with Gasteiger partial charge in [-0.3, -0.25) is 4.79 Å². The van der Waals surface area contributed by atoms with Gasteiger partial charge in [-0.15, -0.1) is 5.10 Å². The number of methoxy groups -OCH3 is 1. The summed E-state index contributed by atoms with van der Waals surface area (Å²) in [7, 11) is 5.50. The number of rotatable bonds is 4. The Labute approximate surface area is 147 Å². The number of anilines is 2. The van der Waals surface area contributed by atoms with Crippen LogP contribution in [-0.4, -0.2) is 73.4 Å². The lowest BCUT2D eigenvalue weighted by atomic mass is 10.2. The SMILES string of the molecule is COc1ccc(C(=O)N2CCN(c3cc(N(C)C)cnn3)CC2)cn1. The first-order valence-corrected chi connectivity index (χ1v) is 8.13. The monoisotopic (exact) mass is 342 g/mol. The molecule has 0 bridgehead atoms. The molecule has 8 heteroatoms. The molecular weight excluding hydrogens is 320 g/mol. The van der Waals surface area contributed by atoms with Crippen LogP contribution in [0.5, 0.6) is 5.88 Å². The van der Waals surface area contributed by atoms with E-state index in [1.807, 2.05) is 30.0 Å². The van der Waals surface area contributed by atoms with Crippen molar-refractivity contribution in [1.29, 1.82) is 0 Å². The summed E-state index contributed by atoms with van der Waals surface area (Å²) in [6.07, 6.45) is 3.29. The van der Waals surface area contributed by atoms with Crippen LogP contribution in [0.15, 0.2) is 30.6 Å². The highest BCUT2D eigenvalue weighted by molar-refractivity contribution is 5.94. The summed E-state index contributed by atoms with van der Waals surface area (Å²) in [5.41, 5.74) is 1.58. The van der Waals surface area contributed by atoms with Gasteiger partial charge < -0.3 is 19.4 Å². The van der Waals surface area contributed by atoms with E-state index in [0.29, 0.717) is 24.5 Å². The summed E-state index contributed by atoms with van der Waals surface area (Å²) in [6.45, 7) is 2.72. The van der Waals surface area contributed by atoms with E-state index in [1.54, 1.807) is 31.6 Å². The number of piperazine rings is 1. The molecule has 1 amide bonds. The highest BCUT2D eigenvalue weighted by Crippen LogP contribution is 2.19. The lowest BCUT2D eigenvalue weighted by Gasteiger charge is -2.35. The van der Waals surface area contributed by atoms with Crippen LogP contribution in [-0.2, 0) is 0 Å². The standard InChI is InChI=1S/C17H22N6O2/c1-21(2)14-10-15(20-19-12-14)22-6-8-23(9-7-22)17(24)13-4-5-16(25-3)18-11-13/h4-5,10-12H,6-9H2,1-3H3. The summed E-state index contributed by atoms with van der Waals surface area (Å²) >= 11 is 0. The second kappa shape index (κ2) is 7.33. The summed E-state index contributed by atoms with van der Waals surface area (Å²) in [5, 5.41) is 8.28. The van der Waals surface area contributed by atoms with E-state index in [1.165, 1.54) is 0 Å². The number of ether oxygens (including phenoxy) is 1. The van der Waals surface area contributed by atoms with E-state index < -0.39 is 0 Å². The number of nitrogens with zero attached hydrogens (tertiary/aromatic N) is 6. The Balaban J connectivity index is 1.63. The topological polar surface area (TPSA) is 74.7 Å². The van der Waals surface area contributed by atoms with Gasteiger partial charge in [0, 0.05) is 58.6 Å². The van der Waals surface area contributed by atoms with Gasteiger partial charge in [0.2, 0.25) is 5.88 Å². The van der Waals surface area contributed by atoms with Crippen LogP contribution in [0.2, 0.25) is 0 Å². The lowest BCUT2D eigenvalue weighted by Crippen LogP contribution is -2.49. The molecule has 0 aromatic carbocycles. The van der Waals surface area contributed by atoms with Crippen LogP contribution in [0.3, 0.4) is 0 Å². The second-order valence-corrected chi connectivity index (χ2v) is 6.03. The molecule has 1 aliphatic rings. The maximum absolute atomic E-state index is 12.6. The largest absolute Gasteiger partial charge is 0.481 e.